The Morgan fingerprint density at radius 3 is 2.65 bits per heavy atom. The van der Waals surface area contributed by atoms with Crippen LogP contribution in [0.5, 0.6) is 5.75 Å². The van der Waals surface area contributed by atoms with E-state index in [-0.39, 0.29) is 29.1 Å². The van der Waals surface area contributed by atoms with Gasteiger partial charge in [0.1, 0.15) is 17.4 Å². The molecule has 1 aromatic rings. The van der Waals surface area contributed by atoms with E-state index in [1.165, 1.54) is 12.1 Å². The van der Waals surface area contributed by atoms with E-state index in [4.69, 9.17) is 15.1 Å². The quantitative estimate of drug-likeness (QED) is 0.483. The van der Waals surface area contributed by atoms with Crippen LogP contribution in [0.15, 0.2) is 23.8 Å². The van der Waals surface area contributed by atoms with Crippen molar-refractivity contribution in [3.63, 3.8) is 0 Å². The Morgan fingerprint density at radius 2 is 2.15 bits per heavy atom. The first-order valence-electron chi connectivity index (χ1n) is 5.84. The van der Waals surface area contributed by atoms with Crippen LogP contribution in [0.2, 0.25) is 0 Å². The fourth-order valence-electron chi connectivity index (χ4n) is 1.36. The highest BCUT2D eigenvalue weighted by atomic mass is 16.5. The van der Waals surface area contributed by atoms with Crippen LogP contribution in [0.4, 0.5) is 0 Å². The van der Waals surface area contributed by atoms with E-state index in [0.29, 0.717) is 6.42 Å². The van der Waals surface area contributed by atoms with Gasteiger partial charge in [-0.25, -0.2) is 9.59 Å². The molecule has 0 atom stereocenters. The third-order valence-electron chi connectivity index (χ3n) is 2.35. The highest BCUT2D eigenvalue weighted by Gasteiger charge is 2.12. The molecule has 1 rings (SSSR count). The SMILES string of the molecule is CCCOC(=O)C(C#N)=Cc1ccc(C(=O)O)cc1O. The van der Waals surface area contributed by atoms with Crippen LogP contribution in [-0.4, -0.2) is 28.8 Å². The number of ether oxygens (including phenoxy) is 1. The fourth-order valence-corrected chi connectivity index (χ4v) is 1.36. The molecule has 0 aromatic heterocycles. The molecule has 0 fully saturated rings. The summed E-state index contributed by atoms with van der Waals surface area (Å²) < 4.78 is 4.81. The zero-order chi connectivity index (χ0) is 15.1. The summed E-state index contributed by atoms with van der Waals surface area (Å²) >= 11 is 0. The standard InChI is InChI=1S/C14H13NO5/c1-2-5-20-14(19)11(8-15)6-9-3-4-10(13(17)18)7-12(9)16/h3-4,6-7,16H,2,5H2,1H3,(H,17,18). The van der Waals surface area contributed by atoms with Gasteiger partial charge in [0.05, 0.1) is 12.2 Å². The van der Waals surface area contributed by atoms with Crippen LogP contribution in [0.3, 0.4) is 0 Å². The third-order valence-corrected chi connectivity index (χ3v) is 2.35. The molecule has 0 unspecified atom stereocenters. The van der Waals surface area contributed by atoms with Crippen LogP contribution in [0.25, 0.3) is 6.08 Å². The molecule has 0 aliphatic carbocycles. The van der Waals surface area contributed by atoms with Crippen LogP contribution in [0, 0.1) is 11.3 Å². The van der Waals surface area contributed by atoms with E-state index in [9.17, 15) is 14.7 Å². The molecule has 0 saturated carbocycles. The van der Waals surface area contributed by atoms with Crippen molar-refractivity contribution in [1.29, 1.82) is 5.26 Å². The molecular weight excluding hydrogens is 262 g/mol. The van der Waals surface area contributed by atoms with Crippen molar-refractivity contribution in [2.24, 2.45) is 0 Å². The lowest BCUT2D eigenvalue weighted by atomic mass is 10.1. The molecule has 0 spiro atoms. The molecule has 1 aromatic carbocycles. The van der Waals surface area contributed by atoms with Crippen molar-refractivity contribution in [1.82, 2.24) is 0 Å². The maximum atomic E-state index is 11.5. The van der Waals surface area contributed by atoms with Crippen molar-refractivity contribution >= 4 is 18.0 Å². The summed E-state index contributed by atoms with van der Waals surface area (Å²) in [6.45, 7) is 2.02. The molecule has 6 nitrogen and oxygen atoms in total. The monoisotopic (exact) mass is 275 g/mol. The molecule has 20 heavy (non-hydrogen) atoms. The van der Waals surface area contributed by atoms with Gasteiger partial charge >= 0.3 is 11.9 Å². The first-order chi connectivity index (χ1) is 9.49. The van der Waals surface area contributed by atoms with Gasteiger partial charge in [-0.2, -0.15) is 5.26 Å². The van der Waals surface area contributed by atoms with Crippen molar-refractivity contribution in [3.8, 4) is 11.8 Å². The van der Waals surface area contributed by atoms with E-state index < -0.39 is 11.9 Å². The average Bonchev–Trinajstić information content (AvgIpc) is 2.43. The zero-order valence-corrected chi connectivity index (χ0v) is 10.8. The first-order valence-corrected chi connectivity index (χ1v) is 5.84. The minimum Gasteiger partial charge on any atom is -0.507 e. The second kappa shape index (κ2) is 6.95. The number of aromatic carboxylic acids is 1. The zero-order valence-electron chi connectivity index (χ0n) is 10.8. The number of nitriles is 1. The van der Waals surface area contributed by atoms with Gasteiger partial charge in [0.15, 0.2) is 0 Å². The average molecular weight is 275 g/mol. The largest absolute Gasteiger partial charge is 0.507 e. The number of carbonyl (C=O) groups is 2. The second-order valence-corrected chi connectivity index (χ2v) is 3.88. The molecule has 0 aliphatic heterocycles. The van der Waals surface area contributed by atoms with Crippen molar-refractivity contribution in [3.05, 3.63) is 34.9 Å². The predicted octanol–water partition coefficient (Wildman–Crippen LogP) is 1.95. The first kappa shape index (κ1) is 15.2. The van der Waals surface area contributed by atoms with Crippen molar-refractivity contribution in [2.45, 2.75) is 13.3 Å². The Morgan fingerprint density at radius 1 is 1.45 bits per heavy atom. The summed E-state index contributed by atoms with van der Waals surface area (Å²) in [7, 11) is 0. The Balaban J connectivity index is 3.05. The summed E-state index contributed by atoms with van der Waals surface area (Å²) in [5.41, 5.74) is -0.191. The number of rotatable bonds is 5. The lowest BCUT2D eigenvalue weighted by molar-refractivity contribution is -0.138. The number of carbonyl (C=O) groups excluding carboxylic acids is 1. The Labute approximate surface area is 115 Å². The number of esters is 1. The van der Waals surface area contributed by atoms with Gasteiger partial charge in [0, 0.05) is 5.56 Å². The summed E-state index contributed by atoms with van der Waals surface area (Å²) in [6, 6.07) is 5.30. The summed E-state index contributed by atoms with van der Waals surface area (Å²) in [4.78, 5) is 22.3. The van der Waals surface area contributed by atoms with Crippen molar-refractivity contribution < 1.29 is 24.5 Å². The number of benzene rings is 1. The van der Waals surface area contributed by atoms with Gasteiger partial charge in [-0.1, -0.05) is 13.0 Å². The fraction of sp³-hybridized carbons (Fsp3) is 0.214. The second-order valence-electron chi connectivity index (χ2n) is 3.88. The molecule has 0 bridgehead atoms. The van der Waals surface area contributed by atoms with E-state index in [0.717, 1.165) is 12.1 Å². The minimum atomic E-state index is -1.18. The number of hydrogen-bond acceptors (Lipinski definition) is 5. The van der Waals surface area contributed by atoms with Gasteiger partial charge in [0.2, 0.25) is 0 Å². The normalized spacial score (nSPS) is 10.7. The Hall–Kier alpha value is -2.81. The minimum absolute atomic E-state index is 0.0910. The number of hydrogen-bond donors (Lipinski definition) is 2. The van der Waals surface area contributed by atoms with Crippen LogP contribution >= 0.6 is 0 Å². The maximum absolute atomic E-state index is 11.5. The maximum Gasteiger partial charge on any atom is 0.348 e. The molecule has 0 amide bonds. The summed E-state index contributed by atoms with van der Waals surface area (Å²) in [5.74, 6) is -2.30. The highest BCUT2D eigenvalue weighted by molar-refractivity contribution is 5.98. The third kappa shape index (κ3) is 3.85. The van der Waals surface area contributed by atoms with E-state index in [1.807, 2.05) is 6.92 Å². The molecule has 6 heteroatoms. The van der Waals surface area contributed by atoms with E-state index in [1.54, 1.807) is 6.07 Å². The Kier molecular flexibility index (Phi) is 5.30. The number of aromatic hydroxyl groups is 1. The van der Waals surface area contributed by atoms with Gasteiger partial charge < -0.3 is 14.9 Å². The van der Waals surface area contributed by atoms with Gasteiger partial charge in [-0.3, -0.25) is 0 Å². The molecule has 2 N–H and O–H groups in total. The van der Waals surface area contributed by atoms with Gasteiger partial charge in [-0.15, -0.1) is 0 Å². The van der Waals surface area contributed by atoms with Crippen LogP contribution < -0.4 is 0 Å². The smallest absolute Gasteiger partial charge is 0.348 e. The van der Waals surface area contributed by atoms with Crippen LogP contribution in [-0.2, 0) is 9.53 Å². The highest BCUT2D eigenvalue weighted by Crippen LogP contribution is 2.22. The lowest BCUT2D eigenvalue weighted by Crippen LogP contribution is -2.07. The van der Waals surface area contributed by atoms with Gasteiger partial charge in [0.25, 0.3) is 0 Å². The molecular formula is C14H13NO5. The number of phenolic OH excluding ortho intramolecular Hbond substituents is 1. The number of carboxylic acids is 1. The summed E-state index contributed by atoms with van der Waals surface area (Å²) in [5, 5.41) is 27.3. The molecule has 0 radical (unpaired) electrons. The number of nitrogens with zero attached hydrogens (tertiary/aromatic N) is 1. The van der Waals surface area contributed by atoms with E-state index >= 15 is 0 Å². The van der Waals surface area contributed by atoms with Gasteiger partial charge in [-0.05, 0) is 24.6 Å². The molecule has 0 aliphatic rings. The number of phenols is 1. The molecule has 0 saturated heterocycles. The van der Waals surface area contributed by atoms with Crippen molar-refractivity contribution in [2.75, 3.05) is 6.61 Å². The topological polar surface area (TPSA) is 108 Å². The van der Waals surface area contributed by atoms with E-state index in [2.05, 4.69) is 0 Å². The Bertz CT molecular complexity index is 598. The molecule has 104 valence electrons. The van der Waals surface area contributed by atoms with Crippen LogP contribution in [0.1, 0.15) is 29.3 Å². The molecule has 0 heterocycles. The lowest BCUT2D eigenvalue weighted by Gasteiger charge is -2.03. The predicted molar refractivity (Wildman–Crippen MR) is 69.9 cm³/mol. The summed E-state index contributed by atoms with van der Waals surface area (Å²) in [6.07, 6.45) is 1.78. The number of carboxylic acid groups (broad SMARTS) is 1.